The maximum atomic E-state index is 11.8. The van der Waals surface area contributed by atoms with Gasteiger partial charge in [-0.05, 0) is 16.6 Å². The quantitative estimate of drug-likeness (QED) is 0.800. The van der Waals surface area contributed by atoms with Crippen LogP contribution in [0.4, 0.5) is 0 Å². The van der Waals surface area contributed by atoms with Crippen LogP contribution in [0.1, 0.15) is 54.9 Å². The number of rotatable bonds is 4. The van der Waals surface area contributed by atoms with E-state index in [9.17, 15) is 9.90 Å². The highest BCUT2D eigenvalue weighted by Gasteiger charge is 2.41. The summed E-state index contributed by atoms with van der Waals surface area (Å²) in [5.41, 5.74) is 1.87. The molecule has 0 bridgehead atoms. The lowest BCUT2D eigenvalue weighted by atomic mass is 9.68. The van der Waals surface area contributed by atoms with Gasteiger partial charge in [0.25, 0.3) is 0 Å². The van der Waals surface area contributed by atoms with Gasteiger partial charge in [0, 0.05) is 24.4 Å². The van der Waals surface area contributed by atoms with Crippen molar-refractivity contribution >= 4 is 5.97 Å². The first-order valence-corrected chi connectivity index (χ1v) is 7.78. The normalized spacial score (nSPS) is 23.1. The molecule has 120 valence electrons. The Morgan fingerprint density at radius 1 is 1.43 bits per heavy atom. The van der Waals surface area contributed by atoms with Gasteiger partial charge in [-0.2, -0.15) is 0 Å². The van der Waals surface area contributed by atoms with Crippen molar-refractivity contribution in [3.63, 3.8) is 0 Å². The summed E-state index contributed by atoms with van der Waals surface area (Å²) in [4.78, 5) is 11.8. The molecule has 0 amide bonds. The van der Waals surface area contributed by atoms with Crippen LogP contribution in [-0.4, -0.2) is 23.8 Å². The van der Waals surface area contributed by atoms with Crippen molar-refractivity contribution < 1.29 is 14.6 Å². The summed E-state index contributed by atoms with van der Waals surface area (Å²) in [7, 11) is 0. The summed E-state index contributed by atoms with van der Waals surface area (Å²) in [6.07, 6.45) is 4.38. The molecule has 0 aromatic carbocycles. The molecule has 3 nitrogen and oxygen atoms in total. The summed E-state index contributed by atoms with van der Waals surface area (Å²) in [6, 6.07) is 0. The molecule has 0 spiro atoms. The molecule has 21 heavy (non-hydrogen) atoms. The molecule has 1 aliphatic carbocycles. The lowest BCUT2D eigenvalue weighted by Gasteiger charge is -2.42. The predicted molar refractivity (Wildman–Crippen MR) is 85.8 cm³/mol. The lowest BCUT2D eigenvalue weighted by molar-refractivity contribution is -0.151. The third kappa shape index (κ3) is 4.19. The third-order valence-corrected chi connectivity index (χ3v) is 4.07. The van der Waals surface area contributed by atoms with Gasteiger partial charge in [-0.25, -0.2) is 0 Å². The highest BCUT2D eigenvalue weighted by molar-refractivity contribution is 5.69. The Labute approximate surface area is 129 Å². The van der Waals surface area contributed by atoms with E-state index >= 15 is 0 Å². The zero-order valence-corrected chi connectivity index (χ0v) is 14.5. The molecule has 0 heterocycles. The molecule has 0 aromatic rings. The average molecular weight is 294 g/mol. The van der Waals surface area contributed by atoms with Crippen molar-refractivity contribution in [2.24, 2.45) is 16.7 Å². The fourth-order valence-corrected chi connectivity index (χ4v) is 2.63. The van der Waals surface area contributed by atoms with Crippen molar-refractivity contribution in [3.8, 4) is 0 Å². The van der Waals surface area contributed by atoms with E-state index in [1.165, 1.54) is 0 Å². The van der Waals surface area contributed by atoms with E-state index < -0.39 is 0 Å². The Balaban J connectivity index is 3.29. The second-order valence-electron chi connectivity index (χ2n) is 7.62. The van der Waals surface area contributed by atoms with E-state index in [0.717, 1.165) is 11.1 Å². The summed E-state index contributed by atoms with van der Waals surface area (Å²) >= 11 is 0. The van der Waals surface area contributed by atoms with Crippen molar-refractivity contribution in [1.29, 1.82) is 0 Å². The van der Waals surface area contributed by atoms with E-state index in [1.807, 2.05) is 13.8 Å². The Morgan fingerprint density at radius 3 is 2.43 bits per heavy atom. The van der Waals surface area contributed by atoms with E-state index in [-0.39, 0.29) is 35.4 Å². The van der Waals surface area contributed by atoms with Gasteiger partial charge in [-0.3, -0.25) is 4.79 Å². The Morgan fingerprint density at radius 2 is 2.00 bits per heavy atom. The van der Waals surface area contributed by atoms with Gasteiger partial charge >= 0.3 is 5.97 Å². The second kappa shape index (κ2) is 6.35. The van der Waals surface area contributed by atoms with E-state index in [4.69, 9.17) is 4.74 Å². The minimum absolute atomic E-state index is 0.0875. The van der Waals surface area contributed by atoms with Crippen LogP contribution in [-0.2, 0) is 9.53 Å². The Kier molecular flexibility index (Phi) is 5.43. The molecule has 0 saturated heterocycles. The van der Waals surface area contributed by atoms with Crippen LogP contribution in [0.5, 0.6) is 0 Å². The minimum Gasteiger partial charge on any atom is -0.457 e. The fraction of sp³-hybridized carbons (Fsp3) is 0.722. The number of aliphatic hydroxyl groups is 1. The number of aliphatic hydroxyl groups excluding tert-OH is 1. The van der Waals surface area contributed by atoms with Crippen LogP contribution in [0.25, 0.3) is 0 Å². The number of carbonyl (C=O) groups excluding carboxylic acids is 1. The largest absolute Gasteiger partial charge is 0.457 e. The van der Waals surface area contributed by atoms with Gasteiger partial charge in [0.15, 0.2) is 0 Å². The monoisotopic (exact) mass is 294 g/mol. The minimum atomic E-state index is -0.277. The molecule has 0 radical (unpaired) electrons. The molecular weight excluding hydrogens is 264 g/mol. The van der Waals surface area contributed by atoms with Gasteiger partial charge in [0.05, 0.1) is 0 Å². The van der Waals surface area contributed by atoms with Crippen LogP contribution >= 0.6 is 0 Å². The van der Waals surface area contributed by atoms with Crippen molar-refractivity contribution in [1.82, 2.24) is 0 Å². The number of esters is 1. The number of ether oxygens (including phenoxy) is 1. The van der Waals surface area contributed by atoms with Crippen LogP contribution in [0, 0.1) is 16.7 Å². The number of carbonyl (C=O) groups is 1. The topological polar surface area (TPSA) is 46.5 Å². The summed E-state index contributed by atoms with van der Waals surface area (Å²) < 4.78 is 5.74. The molecule has 0 aliphatic heterocycles. The number of allylic oxidation sites excluding steroid dienone is 1. The first-order valence-electron chi connectivity index (χ1n) is 7.78. The molecule has 2 unspecified atom stereocenters. The van der Waals surface area contributed by atoms with Gasteiger partial charge in [-0.15, -0.1) is 0 Å². The number of hydrogen-bond acceptors (Lipinski definition) is 3. The fourth-order valence-electron chi connectivity index (χ4n) is 2.63. The highest BCUT2D eigenvalue weighted by Crippen LogP contribution is 2.44. The zero-order valence-electron chi connectivity index (χ0n) is 14.5. The maximum absolute atomic E-state index is 11.8. The zero-order chi connectivity index (χ0) is 16.4. The van der Waals surface area contributed by atoms with Crippen molar-refractivity contribution in [2.75, 3.05) is 6.61 Å². The lowest BCUT2D eigenvalue weighted by Crippen LogP contribution is -2.41. The van der Waals surface area contributed by atoms with E-state index in [1.54, 1.807) is 0 Å². The maximum Gasteiger partial charge on any atom is 0.306 e. The average Bonchev–Trinajstić information content (AvgIpc) is 2.37. The molecule has 1 aliphatic rings. The van der Waals surface area contributed by atoms with Gasteiger partial charge in [-0.1, -0.05) is 60.6 Å². The van der Waals surface area contributed by atoms with Crippen LogP contribution < -0.4 is 0 Å². The van der Waals surface area contributed by atoms with Gasteiger partial charge in [0.2, 0.25) is 0 Å². The molecule has 2 atom stereocenters. The van der Waals surface area contributed by atoms with Crippen molar-refractivity contribution in [2.45, 2.75) is 61.0 Å². The Hall–Kier alpha value is -1.09. The van der Waals surface area contributed by atoms with E-state index in [2.05, 4.69) is 46.8 Å². The smallest absolute Gasteiger partial charge is 0.306 e. The Bertz CT molecular complexity index is 450. The first-order chi connectivity index (χ1) is 9.52. The first kappa shape index (κ1) is 18.0. The molecule has 0 saturated carbocycles. The van der Waals surface area contributed by atoms with Crippen molar-refractivity contribution in [3.05, 3.63) is 23.3 Å². The standard InChI is InChI=1S/C18H30O3/c1-8-15(20)21-16-14(17(3,4)5)9-13(12(2)11-19)10-18(16,6)7/h9-10,12,16,19H,8,11H2,1-7H3. The molecule has 0 fully saturated rings. The predicted octanol–water partition coefficient (Wildman–Crippen LogP) is 3.88. The van der Waals surface area contributed by atoms with E-state index in [0.29, 0.717) is 6.42 Å². The third-order valence-electron chi connectivity index (χ3n) is 4.07. The SMILES string of the molecule is CCC(=O)OC1C(C(C)(C)C)=CC(C(C)CO)=CC1(C)C. The second-order valence-corrected chi connectivity index (χ2v) is 7.62. The summed E-state index contributed by atoms with van der Waals surface area (Å²) in [5, 5.41) is 9.44. The summed E-state index contributed by atoms with van der Waals surface area (Å²) in [6.45, 7) is 14.5. The molecule has 1 rings (SSSR count). The van der Waals surface area contributed by atoms with Crippen LogP contribution in [0.2, 0.25) is 0 Å². The van der Waals surface area contributed by atoms with Crippen LogP contribution in [0.15, 0.2) is 23.3 Å². The van der Waals surface area contributed by atoms with Crippen LogP contribution in [0.3, 0.4) is 0 Å². The highest BCUT2D eigenvalue weighted by atomic mass is 16.5. The summed E-state index contributed by atoms with van der Waals surface area (Å²) in [5.74, 6) is -0.0836. The molecule has 1 N–H and O–H groups in total. The number of hydrogen-bond donors (Lipinski definition) is 1. The molecule has 0 aromatic heterocycles. The van der Waals surface area contributed by atoms with Gasteiger partial charge < -0.3 is 9.84 Å². The molecule has 3 heteroatoms. The van der Waals surface area contributed by atoms with Gasteiger partial charge in [0.1, 0.15) is 6.10 Å². The molecular formula is C18H30O3.